The fourth-order valence-corrected chi connectivity index (χ4v) is 3.94. The zero-order valence-electron chi connectivity index (χ0n) is 12.8. The highest BCUT2D eigenvalue weighted by atomic mass is 35.5. The standard InChI is InChI=1S/C15H19N3O2S2.ClH/c1-10-18-12(9-21-10)14-3-2-11(22-14)4-5-17-15(19)13-8-16-6-7-20-13;/h2-3,9,13,16H,4-8H2,1H3,(H,17,19);1H. The van der Waals surface area contributed by atoms with Crippen molar-refractivity contribution in [2.24, 2.45) is 0 Å². The fraction of sp³-hybridized carbons (Fsp3) is 0.467. The predicted octanol–water partition coefficient (Wildman–Crippen LogP) is 2.25. The molecule has 8 heteroatoms. The molecule has 1 amide bonds. The van der Waals surface area contributed by atoms with Gasteiger partial charge in [-0.15, -0.1) is 35.1 Å². The highest BCUT2D eigenvalue weighted by molar-refractivity contribution is 7.16. The number of rotatable bonds is 5. The number of aromatic nitrogens is 1. The molecular weight excluding hydrogens is 354 g/mol. The number of amides is 1. The zero-order chi connectivity index (χ0) is 15.4. The molecule has 3 rings (SSSR count). The molecule has 1 fully saturated rings. The highest BCUT2D eigenvalue weighted by Gasteiger charge is 2.21. The number of hydrogen-bond donors (Lipinski definition) is 2. The summed E-state index contributed by atoms with van der Waals surface area (Å²) in [5, 5.41) is 9.27. The Bertz CT molecular complexity index is 638. The second kappa shape index (κ2) is 8.75. The van der Waals surface area contributed by atoms with E-state index in [9.17, 15) is 4.79 Å². The maximum atomic E-state index is 11.9. The number of ether oxygens (including phenoxy) is 1. The summed E-state index contributed by atoms with van der Waals surface area (Å²) in [6.07, 6.45) is 0.477. The molecular formula is C15H20ClN3O2S2. The Morgan fingerprint density at radius 2 is 2.39 bits per heavy atom. The Morgan fingerprint density at radius 1 is 1.52 bits per heavy atom. The van der Waals surface area contributed by atoms with Crippen molar-refractivity contribution in [2.75, 3.05) is 26.2 Å². The summed E-state index contributed by atoms with van der Waals surface area (Å²) in [7, 11) is 0. The average molecular weight is 374 g/mol. The van der Waals surface area contributed by atoms with Gasteiger partial charge in [0.15, 0.2) is 0 Å². The van der Waals surface area contributed by atoms with Gasteiger partial charge in [-0.25, -0.2) is 4.98 Å². The number of thiazole rings is 1. The summed E-state index contributed by atoms with van der Waals surface area (Å²) in [5.74, 6) is -0.0286. The molecule has 0 spiro atoms. The average Bonchev–Trinajstić information content (AvgIpc) is 3.17. The molecule has 1 unspecified atom stereocenters. The Labute approximate surface area is 149 Å². The van der Waals surface area contributed by atoms with Crippen molar-refractivity contribution in [3.05, 3.63) is 27.4 Å². The molecule has 2 aromatic heterocycles. The molecule has 1 saturated heterocycles. The van der Waals surface area contributed by atoms with Gasteiger partial charge in [0.2, 0.25) is 5.91 Å². The summed E-state index contributed by atoms with van der Waals surface area (Å²) >= 11 is 3.40. The number of thiophene rings is 1. The van der Waals surface area contributed by atoms with E-state index in [0.717, 1.165) is 23.7 Å². The van der Waals surface area contributed by atoms with Gasteiger partial charge in [-0.05, 0) is 25.5 Å². The van der Waals surface area contributed by atoms with Crippen LogP contribution in [0.3, 0.4) is 0 Å². The van der Waals surface area contributed by atoms with Gasteiger partial charge < -0.3 is 15.4 Å². The van der Waals surface area contributed by atoms with Crippen LogP contribution in [-0.4, -0.2) is 43.2 Å². The summed E-state index contributed by atoms with van der Waals surface area (Å²) in [6.45, 7) is 4.66. The second-order valence-electron chi connectivity index (χ2n) is 5.12. The number of carbonyl (C=O) groups excluding carboxylic acids is 1. The lowest BCUT2D eigenvalue weighted by atomic mass is 10.2. The quantitative estimate of drug-likeness (QED) is 0.843. The van der Waals surface area contributed by atoms with Crippen molar-refractivity contribution in [2.45, 2.75) is 19.4 Å². The fourth-order valence-electron chi connectivity index (χ4n) is 2.28. The van der Waals surface area contributed by atoms with E-state index in [1.165, 1.54) is 9.75 Å². The molecule has 2 N–H and O–H groups in total. The number of hydrogen-bond acceptors (Lipinski definition) is 6. The number of morpholine rings is 1. The van der Waals surface area contributed by atoms with E-state index in [1.54, 1.807) is 22.7 Å². The van der Waals surface area contributed by atoms with Crippen molar-refractivity contribution >= 4 is 41.0 Å². The first kappa shape index (κ1) is 18.4. The summed E-state index contributed by atoms with van der Waals surface area (Å²) in [6, 6.07) is 4.21. The SMILES string of the molecule is Cc1nc(-c2ccc(CCNC(=O)C3CNCCO3)s2)cs1.Cl. The first-order valence-corrected chi connectivity index (χ1v) is 9.03. The third kappa shape index (κ3) is 4.99. The van der Waals surface area contributed by atoms with Crippen molar-refractivity contribution in [1.82, 2.24) is 15.6 Å². The van der Waals surface area contributed by atoms with E-state index in [1.807, 2.05) is 6.92 Å². The van der Waals surface area contributed by atoms with Gasteiger partial charge in [0, 0.05) is 29.9 Å². The normalized spacial score (nSPS) is 17.5. The third-order valence-electron chi connectivity index (χ3n) is 3.42. The minimum absolute atomic E-state index is 0. The summed E-state index contributed by atoms with van der Waals surface area (Å²) < 4.78 is 5.43. The first-order valence-electron chi connectivity index (χ1n) is 7.33. The maximum Gasteiger partial charge on any atom is 0.250 e. The monoisotopic (exact) mass is 373 g/mol. The molecule has 1 aliphatic rings. The van der Waals surface area contributed by atoms with E-state index in [-0.39, 0.29) is 24.4 Å². The molecule has 0 radical (unpaired) electrons. The lowest BCUT2D eigenvalue weighted by Gasteiger charge is -2.22. The largest absolute Gasteiger partial charge is 0.366 e. The van der Waals surface area contributed by atoms with E-state index in [2.05, 4.69) is 33.1 Å². The number of aryl methyl sites for hydroxylation is 1. The lowest BCUT2D eigenvalue weighted by Crippen LogP contribution is -2.48. The number of carbonyl (C=O) groups is 1. The number of nitrogens with zero attached hydrogens (tertiary/aromatic N) is 1. The van der Waals surface area contributed by atoms with Gasteiger partial charge in [-0.3, -0.25) is 4.79 Å². The smallest absolute Gasteiger partial charge is 0.250 e. The molecule has 126 valence electrons. The molecule has 5 nitrogen and oxygen atoms in total. The Hall–Kier alpha value is -0.990. The maximum absolute atomic E-state index is 11.9. The first-order chi connectivity index (χ1) is 10.7. The minimum Gasteiger partial charge on any atom is -0.366 e. The van der Waals surface area contributed by atoms with Crippen LogP contribution in [0.2, 0.25) is 0 Å². The van der Waals surface area contributed by atoms with E-state index in [0.29, 0.717) is 19.7 Å². The van der Waals surface area contributed by atoms with Crippen molar-refractivity contribution < 1.29 is 9.53 Å². The third-order valence-corrected chi connectivity index (χ3v) is 5.36. The van der Waals surface area contributed by atoms with Gasteiger partial charge in [-0.1, -0.05) is 0 Å². The molecule has 0 bridgehead atoms. The Morgan fingerprint density at radius 3 is 3.09 bits per heavy atom. The van der Waals surface area contributed by atoms with E-state index >= 15 is 0 Å². The van der Waals surface area contributed by atoms with Crippen LogP contribution in [0, 0.1) is 6.92 Å². The second-order valence-corrected chi connectivity index (χ2v) is 7.35. The van der Waals surface area contributed by atoms with E-state index in [4.69, 9.17) is 4.74 Å². The van der Waals surface area contributed by atoms with Crippen LogP contribution in [0.15, 0.2) is 17.5 Å². The highest BCUT2D eigenvalue weighted by Crippen LogP contribution is 2.29. The van der Waals surface area contributed by atoms with Gasteiger partial charge in [0.1, 0.15) is 6.10 Å². The molecule has 1 atom stereocenters. The van der Waals surface area contributed by atoms with Gasteiger partial charge in [0.25, 0.3) is 0 Å². The van der Waals surface area contributed by atoms with Crippen LogP contribution in [0.1, 0.15) is 9.88 Å². The molecule has 2 aromatic rings. The molecule has 23 heavy (non-hydrogen) atoms. The van der Waals surface area contributed by atoms with Gasteiger partial charge >= 0.3 is 0 Å². The van der Waals surface area contributed by atoms with Crippen molar-refractivity contribution in [3.63, 3.8) is 0 Å². The molecule has 3 heterocycles. The van der Waals surface area contributed by atoms with Gasteiger partial charge in [-0.2, -0.15) is 0 Å². The molecule has 0 aliphatic carbocycles. The minimum atomic E-state index is -0.356. The zero-order valence-corrected chi connectivity index (χ0v) is 15.3. The van der Waals surface area contributed by atoms with Crippen LogP contribution in [0.5, 0.6) is 0 Å². The molecule has 0 aromatic carbocycles. The van der Waals surface area contributed by atoms with Crippen LogP contribution in [0.25, 0.3) is 10.6 Å². The number of nitrogens with one attached hydrogen (secondary N) is 2. The van der Waals surface area contributed by atoms with Crippen molar-refractivity contribution in [3.8, 4) is 10.6 Å². The van der Waals surface area contributed by atoms with Crippen LogP contribution in [0.4, 0.5) is 0 Å². The molecule has 0 saturated carbocycles. The lowest BCUT2D eigenvalue weighted by molar-refractivity contribution is -0.134. The summed E-state index contributed by atoms with van der Waals surface area (Å²) in [4.78, 5) is 18.9. The Kier molecular flexibility index (Phi) is 6.98. The molecule has 1 aliphatic heterocycles. The summed E-state index contributed by atoms with van der Waals surface area (Å²) in [5.41, 5.74) is 1.05. The van der Waals surface area contributed by atoms with E-state index < -0.39 is 0 Å². The Balaban J connectivity index is 0.00000192. The van der Waals surface area contributed by atoms with Crippen LogP contribution >= 0.6 is 35.1 Å². The topological polar surface area (TPSA) is 63.2 Å². The van der Waals surface area contributed by atoms with Gasteiger partial charge in [0.05, 0.1) is 22.2 Å². The van der Waals surface area contributed by atoms with Crippen LogP contribution < -0.4 is 10.6 Å². The number of halogens is 1. The predicted molar refractivity (Wildman–Crippen MR) is 96.7 cm³/mol. The van der Waals surface area contributed by atoms with Crippen LogP contribution in [-0.2, 0) is 16.0 Å². The van der Waals surface area contributed by atoms with Crippen molar-refractivity contribution in [1.29, 1.82) is 0 Å².